The largest absolute Gasteiger partial charge is 0.508 e. The maximum atomic E-state index is 14.4. The van der Waals surface area contributed by atoms with Crippen LogP contribution in [0.15, 0.2) is 36.4 Å². The van der Waals surface area contributed by atoms with E-state index in [0.29, 0.717) is 54.3 Å². The summed E-state index contributed by atoms with van der Waals surface area (Å²) in [5, 5.41) is 20.0. The number of aromatic nitrogens is 3. The minimum atomic E-state index is -0.816. The van der Waals surface area contributed by atoms with E-state index >= 15 is 0 Å². The SMILES string of the molecule is Oc1cc(Nc2nc3c(N4CC5COCC(C4)N5)nc(OC[C@@]45CCCN4CC(F)C5)nc3s2)c2ccccc2c1. The third-order valence-electron chi connectivity index (χ3n) is 8.83. The normalized spacial score (nSPS) is 27.9. The number of ether oxygens (including phenoxy) is 2. The molecule has 2 aromatic carbocycles. The Bertz CT molecular complexity index is 1610. The number of morpholine rings is 1. The second kappa shape index (κ2) is 9.90. The molecule has 4 saturated heterocycles. The highest BCUT2D eigenvalue weighted by atomic mass is 32.1. The van der Waals surface area contributed by atoms with Crippen molar-refractivity contribution in [1.82, 2.24) is 25.2 Å². The van der Waals surface area contributed by atoms with Gasteiger partial charge in [-0.2, -0.15) is 9.97 Å². The van der Waals surface area contributed by atoms with Crippen LogP contribution in [0.2, 0.25) is 0 Å². The van der Waals surface area contributed by atoms with Crippen molar-refractivity contribution in [2.24, 2.45) is 0 Å². The molecule has 2 bridgehead atoms. The van der Waals surface area contributed by atoms with Crippen LogP contribution in [-0.4, -0.2) is 94.8 Å². The molecule has 6 heterocycles. The molecular weight excluding hydrogens is 545 g/mol. The van der Waals surface area contributed by atoms with Crippen LogP contribution < -0.4 is 20.3 Å². The van der Waals surface area contributed by atoms with Gasteiger partial charge in [0.15, 0.2) is 15.8 Å². The lowest BCUT2D eigenvalue weighted by atomic mass is 9.95. The predicted molar refractivity (Wildman–Crippen MR) is 156 cm³/mol. The smallest absolute Gasteiger partial charge is 0.319 e. The number of aromatic hydroxyl groups is 1. The van der Waals surface area contributed by atoms with Gasteiger partial charge in [-0.25, -0.2) is 9.37 Å². The topological polar surface area (TPSA) is 108 Å². The molecule has 0 amide bonds. The molecule has 0 saturated carbocycles. The fraction of sp³-hybridized carbons (Fsp3) is 0.483. The summed E-state index contributed by atoms with van der Waals surface area (Å²) in [5.74, 6) is 0.921. The van der Waals surface area contributed by atoms with Crippen molar-refractivity contribution in [3.05, 3.63) is 36.4 Å². The molecule has 3 N–H and O–H groups in total. The fourth-order valence-corrected chi connectivity index (χ4v) is 7.90. The average molecular weight is 578 g/mol. The molecule has 2 aromatic heterocycles. The van der Waals surface area contributed by atoms with Crippen LogP contribution in [0.5, 0.6) is 11.8 Å². The Balaban J connectivity index is 1.15. The number of piperazine rings is 1. The minimum absolute atomic E-state index is 0.181. The molecule has 10 nitrogen and oxygen atoms in total. The lowest BCUT2D eigenvalue weighted by molar-refractivity contribution is 0.0374. The van der Waals surface area contributed by atoms with Gasteiger partial charge in [0.25, 0.3) is 0 Å². The number of phenols is 1. The number of alkyl halides is 1. The number of hydrogen-bond donors (Lipinski definition) is 3. The van der Waals surface area contributed by atoms with Crippen LogP contribution in [0.25, 0.3) is 21.1 Å². The molecule has 0 spiro atoms. The first-order valence-corrected chi connectivity index (χ1v) is 15.1. The Morgan fingerprint density at radius 3 is 2.88 bits per heavy atom. The van der Waals surface area contributed by atoms with Crippen LogP contribution in [0, 0.1) is 0 Å². The highest BCUT2D eigenvalue weighted by molar-refractivity contribution is 7.22. The molecule has 0 aliphatic carbocycles. The molecule has 4 aromatic rings. The van der Waals surface area contributed by atoms with Gasteiger partial charge in [-0.3, -0.25) is 4.90 Å². The van der Waals surface area contributed by atoms with Gasteiger partial charge in [0.2, 0.25) is 0 Å². The Morgan fingerprint density at radius 2 is 2.00 bits per heavy atom. The molecule has 3 unspecified atom stereocenters. The number of hydrogen-bond acceptors (Lipinski definition) is 11. The van der Waals surface area contributed by atoms with Crippen molar-refractivity contribution < 1.29 is 19.0 Å². The maximum Gasteiger partial charge on any atom is 0.319 e. The zero-order valence-electron chi connectivity index (χ0n) is 22.6. The standard InChI is InChI=1S/C29H32FN7O3S/c30-18-10-29(6-3-7-37(29)11-18)16-40-27-34-25(36-12-19-14-39-15-20(13-36)31-19)24-26(35-27)41-28(33-24)32-23-9-21(38)8-17-4-1-2-5-22(17)23/h1-2,4-5,8-9,18-20,31,38H,3,6-7,10-16H2,(H,32,33)/t18?,19?,20?,29-/m0/s1. The van der Waals surface area contributed by atoms with Gasteiger partial charge < -0.3 is 30.1 Å². The third-order valence-corrected chi connectivity index (χ3v) is 9.69. The number of thiazole rings is 1. The zero-order chi connectivity index (χ0) is 27.6. The van der Waals surface area contributed by atoms with Crippen molar-refractivity contribution in [2.45, 2.75) is 43.1 Å². The Kier molecular flexibility index (Phi) is 6.13. The van der Waals surface area contributed by atoms with Gasteiger partial charge in [0, 0.05) is 49.6 Å². The molecule has 41 heavy (non-hydrogen) atoms. The number of halogens is 1. The second-order valence-electron chi connectivity index (χ2n) is 11.7. The highest BCUT2D eigenvalue weighted by Gasteiger charge is 2.49. The summed E-state index contributed by atoms with van der Waals surface area (Å²) in [5.41, 5.74) is 1.19. The van der Waals surface area contributed by atoms with E-state index in [1.807, 2.05) is 24.3 Å². The van der Waals surface area contributed by atoms with Gasteiger partial charge in [-0.15, -0.1) is 0 Å². The number of phenolic OH excluding ortho intramolecular Hbond substituents is 1. The number of nitrogens with zero attached hydrogens (tertiary/aromatic N) is 5. The van der Waals surface area contributed by atoms with E-state index in [-0.39, 0.29) is 23.4 Å². The molecule has 4 atom stereocenters. The lowest BCUT2D eigenvalue weighted by Gasteiger charge is -2.42. The van der Waals surface area contributed by atoms with Crippen molar-refractivity contribution in [3.63, 3.8) is 0 Å². The first-order valence-electron chi connectivity index (χ1n) is 14.3. The zero-order valence-corrected chi connectivity index (χ0v) is 23.4. The van der Waals surface area contributed by atoms with Crippen molar-refractivity contribution in [3.8, 4) is 11.8 Å². The Hall–Kier alpha value is -3.32. The Labute approximate surface area is 240 Å². The summed E-state index contributed by atoms with van der Waals surface area (Å²) in [6.45, 7) is 4.55. The van der Waals surface area contributed by atoms with Crippen LogP contribution in [0.3, 0.4) is 0 Å². The average Bonchev–Trinajstić information content (AvgIpc) is 3.62. The molecule has 4 aliphatic heterocycles. The van der Waals surface area contributed by atoms with Crippen LogP contribution in [0.4, 0.5) is 21.0 Å². The second-order valence-corrected chi connectivity index (χ2v) is 12.7. The molecule has 8 rings (SSSR count). The molecule has 4 fully saturated rings. The van der Waals surface area contributed by atoms with E-state index in [4.69, 9.17) is 24.4 Å². The third kappa shape index (κ3) is 4.62. The van der Waals surface area contributed by atoms with E-state index in [0.717, 1.165) is 54.8 Å². The van der Waals surface area contributed by atoms with Crippen LogP contribution in [-0.2, 0) is 4.74 Å². The van der Waals surface area contributed by atoms with E-state index in [1.165, 1.54) is 11.3 Å². The first kappa shape index (κ1) is 25.4. The van der Waals surface area contributed by atoms with Gasteiger partial charge in [-0.05, 0) is 30.8 Å². The van der Waals surface area contributed by atoms with E-state index in [2.05, 4.69) is 20.4 Å². The summed E-state index contributed by atoms with van der Waals surface area (Å²) in [6.07, 6.45) is 1.66. The van der Waals surface area contributed by atoms with Crippen molar-refractivity contribution >= 4 is 49.1 Å². The quantitative estimate of drug-likeness (QED) is 0.313. The van der Waals surface area contributed by atoms with E-state index in [1.54, 1.807) is 12.1 Å². The van der Waals surface area contributed by atoms with Crippen molar-refractivity contribution in [1.29, 1.82) is 0 Å². The monoisotopic (exact) mass is 577 g/mol. The summed E-state index contributed by atoms with van der Waals surface area (Å²) >= 11 is 1.42. The lowest BCUT2D eigenvalue weighted by Crippen LogP contribution is -2.63. The highest BCUT2D eigenvalue weighted by Crippen LogP contribution is 2.41. The van der Waals surface area contributed by atoms with Gasteiger partial charge in [-0.1, -0.05) is 35.6 Å². The van der Waals surface area contributed by atoms with Crippen LogP contribution in [0.1, 0.15) is 19.3 Å². The van der Waals surface area contributed by atoms with E-state index in [9.17, 15) is 9.50 Å². The number of nitrogens with one attached hydrogen (secondary N) is 2. The fourth-order valence-electron chi connectivity index (χ4n) is 7.06. The molecule has 12 heteroatoms. The summed E-state index contributed by atoms with van der Waals surface area (Å²) < 4.78 is 26.4. The number of benzene rings is 2. The molecule has 4 aliphatic rings. The summed E-state index contributed by atoms with van der Waals surface area (Å²) in [4.78, 5) is 19.9. The summed E-state index contributed by atoms with van der Waals surface area (Å²) in [6, 6.07) is 12.1. The van der Waals surface area contributed by atoms with Crippen molar-refractivity contribution in [2.75, 3.05) is 56.2 Å². The number of anilines is 3. The number of fused-ring (bicyclic) bond motifs is 5. The van der Waals surface area contributed by atoms with Gasteiger partial charge in [0.1, 0.15) is 24.0 Å². The Morgan fingerprint density at radius 1 is 1.15 bits per heavy atom. The first-order chi connectivity index (χ1) is 20.0. The molecule has 214 valence electrons. The van der Waals surface area contributed by atoms with E-state index < -0.39 is 6.17 Å². The van der Waals surface area contributed by atoms with Gasteiger partial charge >= 0.3 is 6.01 Å². The predicted octanol–water partition coefficient (Wildman–Crippen LogP) is 3.82. The molecule has 0 radical (unpaired) electrons. The maximum absolute atomic E-state index is 14.4. The van der Waals surface area contributed by atoms with Crippen LogP contribution >= 0.6 is 11.3 Å². The van der Waals surface area contributed by atoms with Gasteiger partial charge in [0.05, 0.1) is 24.4 Å². The molecular formula is C29H32FN7O3S. The number of rotatable bonds is 6. The summed E-state index contributed by atoms with van der Waals surface area (Å²) in [7, 11) is 0. The minimum Gasteiger partial charge on any atom is -0.508 e.